The van der Waals surface area contributed by atoms with Gasteiger partial charge in [-0.3, -0.25) is 0 Å². The van der Waals surface area contributed by atoms with Crippen molar-refractivity contribution in [3.63, 3.8) is 0 Å². The van der Waals surface area contributed by atoms with Crippen LogP contribution in [0.1, 0.15) is 17.5 Å². The highest BCUT2D eigenvalue weighted by Gasteiger charge is 2.31. The number of halogens is 8. The Balaban J connectivity index is 0.000000193. The zero-order chi connectivity index (χ0) is 28.2. The lowest BCUT2D eigenvalue weighted by molar-refractivity contribution is -0.137. The van der Waals surface area contributed by atoms with Crippen LogP contribution in [0, 0.1) is 29.1 Å². The summed E-state index contributed by atoms with van der Waals surface area (Å²) in [6, 6.07) is 10.4. The lowest BCUT2D eigenvalue weighted by Gasteiger charge is -2.29. The van der Waals surface area contributed by atoms with Crippen LogP contribution in [-0.4, -0.2) is 32.9 Å². The van der Waals surface area contributed by atoms with Crippen molar-refractivity contribution >= 4 is 17.7 Å². The van der Waals surface area contributed by atoms with Crippen molar-refractivity contribution < 1.29 is 48.8 Å². The molecule has 0 atom stereocenters. The fourth-order valence-corrected chi connectivity index (χ4v) is 4.43. The van der Waals surface area contributed by atoms with Gasteiger partial charge in [-0.1, -0.05) is 12.1 Å². The summed E-state index contributed by atoms with van der Waals surface area (Å²) in [6.45, 7) is 2.97. The molecule has 0 aliphatic carbocycles. The van der Waals surface area contributed by atoms with Gasteiger partial charge in [0.2, 0.25) is 34.8 Å². The Morgan fingerprint density at radius 3 is 2.13 bits per heavy atom. The van der Waals surface area contributed by atoms with Crippen LogP contribution in [0.15, 0.2) is 47.4 Å². The Morgan fingerprint density at radius 1 is 0.795 bits per heavy atom. The first-order valence-corrected chi connectivity index (χ1v) is 12.4. The van der Waals surface area contributed by atoms with Gasteiger partial charge in [0, 0.05) is 18.8 Å². The average molecular weight is 580 g/mol. The largest absolute Gasteiger partial charge is 0.493 e. The molecule has 2 aliphatic heterocycles. The molecule has 0 spiro atoms. The van der Waals surface area contributed by atoms with E-state index < -0.39 is 46.6 Å². The van der Waals surface area contributed by atoms with Gasteiger partial charge in [-0.05, 0) is 48.7 Å². The number of ether oxygens (including phenoxy) is 2. The number of alkyl halides is 3. The van der Waals surface area contributed by atoms with E-state index in [1.165, 1.54) is 12.1 Å². The van der Waals surface area contributed by atoms with Crippen LogP contribution >= 0.6 is 12.0 Å². The van der Waals surface area contributed by atoms with Crippen LogP contribution in [0.5, 0.6) is 11.5 Å². The van der Waals surface area contributed by atoms with E-state index in [4.69, 9.17) is 13.7 Å². The van der Waals surface area contributed by atoms with Crippen molar-refractivity contribution in [2.24, 2.45) is 0 Å². The average Bonchev–Trinajstić information content (AvgIpc) is 2.95. The third-order valence-corrected chi connectivity index (χ3v) is 6.52. The predicted molar refractivity (Wildman–Crippen MR) is 127 cm³/mol. The van der Waals surface area contributed by atoms with Crippen molar-refractivity contribution in [3.8, 4) is 11.5 Å². The van der Waals surface area contributed by atoms with Gasteiger partial charge in [-0.25, -0.2) is 13.2 Å². The minimum absolute atomic E-state index is 0.412. The smallest absolute Gasteiger partial charge is 0.416 e. The van der Waals surface area contributed by atoms with E-state index in [9.17, 15) is 35.1 Å². The minimum atomic E-state index is -4.28. The van der Waals surface area contributed by atoms with E-state index in [-0.39, 0.29) is 0 Å². The lowest BCUT2D eigenvalue weighted by atomic mass is 10.1. The molecule has 0 unspecified atom stereocenters. The van der Waals surface area contributed by atoms with Crippen LogP contribution < -0.4 is 13.8 Å². The zero-order valence-electron chi connectivity index (χ0n) is 20.1. The molecule has 2 aliphatic rings. The van der Waals surface area contributed by atoms with Gasteiger partial charge < -0.3 is 18.6 Å². The van der Waals surface area contributed by atoms with Gasteiger partial charge in [-0.15, -0.1) is 0 Å². The zero-order valence-corrected chi connectivity index (χ0v) is 20.9. The molecule has 1 saturated heterocycles. The summed E-state index contributed by atoms with van der Waals surface area (Å²) in [5.41, 5.74) is 0.992. The maximum Gasteiger partial charge on any atom is 0.416 e. The lowest BCUT2D eigenvalue weighted by Crippen LogP contribution is -2.36. The fourth-order valence-electron chi connectivity index (χ4n) is 3.82. The molecular weight excluding hydrogens is 558 g/mol. The normalized spacial score (nSPS) is 15.1. The van der Waals surface area contributed by atoms with Crippen molar-refractivity contribution in [1.82, 2.24) is 0 Å². The van der Waals surface area contributed by atoms with Gasteiger partial charge in [-0.2, -0.15) is 22.0 Å². The number of anilines is 1. The molecule has 0 radical (unpaired) electrons. The van der Waals surface area contributed by atoms with Gasteiger partial charge in [0.15, 0.2) is 0 Å². The molecule has 1 fully saturated rings. The summed E-state index contributed by atoms with van der Waals surface area (Å²) in [5.74, 6) is -11.1. The van der Waals surface area contributed by atoms with Gasteiger partial charge in [0.25, 0.3) is 0 Å². The number of nitrogens with zero attached hydrogens (tertiary/aromatic N) is 1. The summed E-state index contributed by atoms with van der Waals surface area (Å²) in [5, 5.41) is 0. The molecule has 2 heterocycles. The molecule has 0 aromatic heterocycles. The molecule has 3 aromatic carbocycles. The van der Waals surface area contributed by atoms with Gasteiger partial charge in [0.1, 0.15) is 5.75 Å². The molecular formula is C26H21F8NO3S. The molecule has 0 N–H and O–H groups in total. The Kier molecular flexibility index (Phi) is 9.11. The van der Waals surface area contributed by atoms with Crippen molar-refractivity contribution in [2.45, 2.75) is 23.9 Å². The third-order valence-electron chi connectivity index (χ3n) is 5.83. The number of benzene rings is 3. The number of morpholine rings is 1. The SMILES string of the molecule is FC(F)(F)c1cccc(N2CCOCC2)c1.Fc1c(F)c(F)c(OSc2ccc3c(c2)OCCC3)c(F)c1F. The van der Waals surface area contributed by atoms with Crippen LogP contribution in [0.4, 0.5) is 40.8 Å². The van der Waals surface area contributed by atoms with E-state index in [0.29, 0.717) is 61.3 Å². The quantitative estimate of drug-likeness (QED) is 0.140. The summed E-state index contributed by atoms with van der Waals surface area (Å²) in [7, 11) is 0. The van der Waals surface area contributed by atoms with E-state index in [2.05, 4.69) is 0 Å². The van der Waals surface area contributed by atoms with E-state index in [1.54, 1.807) is 24.3 Å². The standard InChI is InChI=1S/C15H9F5O2S.C11H12F3NO/c16-10-11(17)13(19)15(14(20)12(10)18)22-23-8-4-3-7-2-1-5-21-9(7)6-8;12-11(13,14)9-2-1-3-10(8-9)15-4-6-16-7-5-15/h3-4,6H,1-2,5H2;1-3,8H,4-7H2. The van der Waals surface area contributed by atoms with Gasteiger partial charge in [0.05, 0.1) is 42.3 Å². The third kappa shape index (κ3) is 6.88. The van der Waals surface area contributed by atoms with Crippen molar-refractivity contribution in [2.75, 3.05) is 37.8 Å². The summed E-state index contributed by atoms with van der Waals surface area (Å²) in [6.07, 6.45) is -2.54. The maximum absolute atomic E-state index is 13.5. The second-order valence-electron chi connectivity index (χ2n) is 8.43. The van der Waals surface area contributed by atoms with E-state index in [0.717, 1.165) is 24.5 Å². The molecule has 0 saturated carbocycles. The topological polar surface area (TPSA) is 30.9 Å². The Bertz CT molecular complexity index is 1290. The Morgan fingerprint density at radius 2 is 1.46 bits per heavy atom. The number of aryl methyl sites for hydroxylation is 1. The predicted octanol–water partition coefficient (Wildman–Crippen LogP) is 7.34. The highest BCUT2D eigenvalue weighted by Crippen LogP contribution is 2.36. The van der Waals surface area contributed by atoms with Crippen molar-refractivity contribution in [1.29, 1.82) is 0 Å². The molecule has 0 bridgehead atoms. The first kappa shape index (κ1) is 28.8. The molecule has 5 rings (SSSR count). The second-order valence-corrected chi connectivity index (χ2v) is 9.24. The van der Waals surface area contributed by atoms with Gasteiger partial charge >= 0.3 is 6.18 Å². The van der Waals surface area contributed by atoms with Crippen LogP contribution in [0.2, 0.25) is 0 Å². The molecule has 210 valence electrons. The van der Waals surface area contributed by atoms with Crippen LogP contribution in [0.3, 0.4) is 0 Å². The number of rotatable bonds is 4. The summed E-state index contributed by atoms with van der Waals surface area (Å²) < 4.78 is 119. The Labute approximate surface area is 222 Å². The number of fused-ring (bicyclic) bond motifs is 1. The summed E-state index contributed by atoms with van der Waals surface area (Å²) >= 11 is 0.482. The fraction of sp³-hybridized carbons (Fsp3) is 0.308. The summed E-state index contributed by atoms with van der Waals surface area (Å²) in [4.78, 5) is 2.31. The van der Waals surface area contributed by atoms with Crippen molar-refractivity contribution in [3.05, 3.63) is 82.7 Å². The second kappa shape index (κ2) is 12.3. The maximum atomic E-state index is 13.5. The van der Waals surface area contributed by atoms with Crippen LogP contribution in [0.25, 0.3) is 0 Å². The first-order valence-electron chi connectivity index (χ1n) is 11.7. The number of hydrogen-bond acceptors (Lipinski definition) is 5. The highest BCUT2D eigenvalue weighted by molar-refractivity contribution is 7.95. The number of hydrogen-bond donors (Lipinski definition) is 0. The Hall–Kier alpha value is -3.19. The molecule has 4 nitrogen and oxygen atoms in total. The molecule has 3 aromatic rings. The highest BCUT2D eigenvalue weighted by atomic mass is 32.2. The van der Waals surface area contributed by atoms with Crippen LogP contribution in [-0.2, 0) is 17.3 Å². The first-order chi connectivity index (χ1) is 18.6. The minimum Gasteiger partial charge on any atom is -0.493 e. The molecule has 0 amide bonds. The van der Waals surface area contributed by atoms with E-state index in [1.807, 2.05) is 4.90 Å². The van der Waals surface area contributed by atoms with E-state index >= 15 is 0 Å². The monoisotopic (exact) mass is 579 g/mol. The molecule has 13 heteroatoms. The molecule has 39 heavy (non-hydrogen) atoms.